The number of benzene rings is 2. The lowest BCUT2D eigenvalue weighted by molar-refractivity contribution is -0.927. The van der Waals surface area contributed by atoms with Crippen molar-refractivity contribution in [3.8, 4) is 5.75 Å². The topological polar surface area (TPSA) is 104 Å². The summed E-state index contributed by atoms with van der Waals surface area (Å²) in [7, 11) is 2.08. The molecule has 7 nitrogen and oxygen atoms in total. The van der Waals surface area contributed by atoms with Crippen LogP contribution in [0.5, 0.6) is 5.75 Å². The Bertz CT molecular complexity index is 1030. The molecule has 1 saturated heterocycles. The van der Waals surface area contributed by atoms with Gasteiger partial charge in [0.1, 0.15) is 5.75 Å². The van der Waals surface area contributed by atoms with E-state index in [0.29, 0.717) is 23.1 Å². The zero-order valence-corrected chi connectivity index (χ0v) is 21.3. The number of carbonyl (C=O) groups is 2. The summed E-state index contributed by atoms with van der Waals surface area (Å²) in [6, 6.07) is 16.8. The van der Waals surface area contributed by atoms with Gasteiger partial charge in [-0.25, -0.2) is 0 Å². The maximum Gasteiger partial charge on any atom is 0.272 e. The second-order valence-corrected chi connectivity index (χ2v) is 10.9. The third-order valence-corrected chi connectivity index (χ3v) is 8.48. The summed E-state index contributed by atoms with van der Waals surface area (Å²) in [6.45, 7) is 2.09. The molecule has 1 aliphatic carbocycles. The van der Waals surface area contributed by atoms with Gasteiger partial charge in [0.05, 0.1) is 19.6 Å². The van der Waals surface area contributed by atoms with Crippen molar-refractivity contribution in [1.82, 2.24) is 4.90 Å². The Labute approximate surface area is 214 Å². The number of quaternary nitrogens is 1. The quantitative estimate of drug-likeness (QED) is 0.466. The van der Waals surface area contributed by atoms with Crippen molar-refractivity contribution in [1.29, 1.82) is 0 Å². The van der Waals surface area contributed by atoms with Crippen LogP contribution in [0, 0.1) is 5.92 Å². The highest BCUT2D eigenvalue weighted by Gasteiger charge is 2.49. The van der Waals surface area contributed by atoms with Crippen molar-refractivity contribution in [3.05, 3.63) is 65.7 Å². The number of rotatable bonds is 9. The lowest BCUT2D eigenvalue weighted by atomic mass is 9.78. The molecule has 0 radical (unpaired) electrons. The first-order chi connectivity index (χ1) is 17.2. The first kappa shape index (κ1) is 26.2. The summed E-state index contributed by atoms with van der Waals surface area (Å²) in [6.07, 6.45) is 6.06. The van der Waals surface area contributed by atoms with Gasteiger partial charge in [0.2, 0.25) is 0 Å². The van der Waals surface area contributed by atoms with Crippen LogP contribution in [0.15, 0.2) is 54.6 Å². The monoisotopic (exact) mass is 494 g/mol. The summed E-state index contributed by atoms with van der Waals surface area (Å²) < 4.78 is 0.518. The minimum atomic E-state index is -1.49. The van der Waals surface area contributed by atoms with E-state index in [4.69, 9.17) is 5.73 Å². The van der Waals surface area contributed by atoms with Crippen molar-refractivity contribution in [2.24, 2.45) is 11.7 Å². The molecule has 1 saturated carbocycles. The number of nitrogens with zero attached hydrogens (tertiary/aromatic N) is 2. The molecule has 4 rings (SSSR count). The standard InChI is InChI=1S/C29H39N3O4/c1-32(21-27(30)34,20-17-22-11-13-26(33)14-12-22)25-15-18-31(19-16-25)28(35)29(36,24-9-5-6-10-24)23-7-3-2-4-8-23/h2-4,7-8,11-14,24-25,36H,5-6,9-10,15-21H2,1H3,(H2-,30,33,34)/p+1. The molecule has 4 N–H and O–H groups in total. The number of nitrogens with two attached hydrogens (primary N) is 1. The first-order valence-electron chi connectivity index (χ1n) is 13.2. The third-order valence-electron chi connectivity index (χ3n) is 8.48. The number of hydrogen-bond donors (Lipinski definition) is 3. The smallest absolute Gasteiger partial charge is 0.272 e. The fraction of sp³-hybridized carbons (Fsp3) is 0.517. The molecular formula is C29H40N3O4+. The van der Waals surface area contributed by atoms with E-state index in [0.717, 1.165) is 57.1 Å². The van der Waals surface area contributed by atoms with Gasteiger partial charge in [-0.3, -0.25) is 9.59 Å². The fourth-order valence-corrected chi connectivity index (χ4v) is 6.30. The van der Waals surface area contributed by atoms with E-state index in [1.165, 1.54) is 0 Å². The number of phenols is 1. The van der Waals surface area contributed by atoms with Crippen LogP contribution in [0.4, 0.5) is 0 Å². The van der Waals surface area contributed by atoms with Crippen molar-refractivity contribution >= 4 is 11.8 Å². The lowest BCUT2D eigenvalue weighted by Gasteiger charge is -2.46. The van der Waals surface area contributed by atoms with E-state index >= 15 is 0 Å². The molecule has 0 aromatic heterocycles. The molecule has 0 bridgehead atoms. The number of likely N-dealkylation sites (tertiary alicyclic amines) is 1. The number of piperidine rings is 1. The Kier molecular flexibility index (Phi) is 8.00. The molecule has 36 heavy (non-hydrogen) atoms. The van der Waals surface area contributed by atoms with Crippen LogP contribution in [-0.2, 0) is 21.6 Å². The van der Waals surface area contributed by atoms with Crippen molar-refractivity contribution in [3.63, 3.8) is 0 Å². The van der Waals surface area contributed by atoms with Crippen LogP contribution >= 0.6 is 0 Å². The minimum absolute atomic E-state index is 0.0636. The normalized spacial score (nSPS) is 20.6. The molecule has 7 heteroatoms. The van der Waals surface area contributed by atoms with E-state index in [1.54, 1.807) is 12.1 Å². The summed E-state index contributed by atoms with van der Waals surface area (Å²) in [5, 5.41) is 21.5. The van der Waals surface area contributed by atoms with Crippen LogP contribution < -0.4 is 5.73 Å². The highest BCUT2D eigenvalue weighted by atomic mass is 16.3. The lowest BCUT2D eigenvalue weighted by Crippen LogP contribution is -2.61. The Balaban J connectivity index is 1.46. The van der Waals surface area contributed by atoms with Crippen LogP contribution in [0.3, 0.4) is 0 Å². The maximum absolute atomic E-state index is 13.9. The molecule has 2 atom stereocenters. The molecule has 1 aliphatic heterocycles. The van der Waals surface area contributed by atoms with Crippen LogP contribution in [-0.4, -0.2) is 70.7 Å². The van der Waals surface area contributed by atoms with E-state index in [2.05, 4.69) is 7.05 Å². The first-order valence-corrected chi connectivity index (χ1v) is 13.2. The SMILES string of the molecule is C[N+](CCc1ccc(O)cc1)(CC(N)=O)C1CCN(C(=O)C(O)(c2ccccc2)C2CCCC2)CC1. The summed E-state index contributed by atoms with van der Waals surface area (Å²) in [5.74, 6) is -0.349. The van der Waals surface area contributed by atoms with Gasteiger partial charge in [0.25, 0.3) is 11.8 Å². The Morgan fingerprint density at radius 3 is 2.19 bits per heavy atom. The van der Waals surface area contributed by atoms with Crippen LogP contribution in [0.1, 0.15) is 49.7 Å². The van der Waals surface area contributed by atoms with E-state index in [1.807, 2.05) is 47.4 Å². The van der Waals surface area contributed by atoms with Gasteiger partial charge in [-0.1, -0.05) is 55.3 Å². The average molecular weight is 495 g/mol. The molecule has 2 aromatic carbocycles. The van der Waals surface area contributed by atoms with Gasteiger partial charge in [0.15, 0.2) is 12.1 Å². The molecule has 1 heterocycles. The number of primary amides is 1. The van der Waals surface area contributed by atoms with E-state index in [-0.39, 0.29) is 36.1 Å². The number of aliphatic hydroxyl groups is 1. The third kappa shape index (κ3) is 5.57. The van der Waals surface area contributed by atoms with Crippen molar-refractivity contribution in [2.45, 2.75) is 56.6 Å². The highest BCUT2D eigenvalue weighted by Crippen LogP contribution is 2.42. The Morgan fingerprint density at radius 2 is 1.61 bits per heavy atom. The summed E-state index contributed by atoms with van der Waals surface area (Å²) in [5.41, 5.74) is 5.95. The van der Waals surface area contributed by atoms with Gasteiger partial charge >= 0.3 is 0 Å². The zero-order chi connectivity index (χ0) is 25.8. The summed E-state index contributed by atoms with van der Waals surface area (Å²) in [4.78, 5) is 27.7. The number of likely N-dealkylation sites (N-methyl/N-ethyl adjacent to an activating group) is 1. The van der Waals surface area contributed by atoms with Gasteiger partial charge in [0, 0.05) is 38.3 Å². The molecule has 194 valence electrons. The number of hydrogen-bond acceptors (Lipinski definition) is 4. The van der Waals surface area contributed by atoms with Crippen molar-refractivity contribution < 1.29 is 24.3 Å². The molecule has 0 spiro atoms. The molecule has 2 aromatic rings. The molecular weight excluding hydrogens is 454 g/mol. The van der Waals surface area contributed by atoms with Gasteiger partial charge in [-0.15, -0.1) is 0 Å². The van der Waals surface area contributed by atoms with Crippen LogP contribution in [0.25, 0.3) is 0 Å². The number of carbonyl (C=O) groups excluding carboxylic acids is 2. The predicted octanol–water partition coefficient (Wildman–Crippen LogP) is 2.94. The minimum Gasteiger partial charge on any atom is -0.508 e. The molecule has 2 unspecified atom stereocenters. The van der Waals surface area contributed by atoms with Crippen molar-refractivity contribution in [2.75, 3.05) is 33.2 Å². The van der Waals surface area contributed by atoms with Gasteiger partial charge < -0.3 is 25.3 Å². The van der Waals surface area contributed by atoms with Gasteiger partial charge in [-0.05, 0) is 36.1 Å². The highest BCUT2D eigenvalue weighted by molar-refractivity contribution is 5.87. The van der Waals surface area contributed by atoms with E-state index < -0.39 is 5.60 Å². The molecule has 2 amide bonds. The largest absolute Gasteiger partial charge is 0.508 e. The Morgan fingerprint density at radius 1 is 1.00 bits per heavy atom. The van der Waals surface area contributed by atoms with E-state index in [9.17, 15) is 19.8 Å². The maximum atomic E-state index is 13.9. The number of aromatic hydroxyl groups is 1. The fourth-order valence-electron chi connectivity index (χ4n) is 6.30. The number of amides is 2. The number of phenolic OH excluding ortho intramolecular Hbond substituents is 1. The van der Waals surface area contributed by atoms with Crippen LogP contribution in [0.2, 0.25) is 0 Å². The average Bonchev–Trinajstić information content (AvgIpc) is 3.43. The summed E-state index contributed by atoms with van der Waals surface area (Å²) >= 11 is 0. The van der Waals surface area contributed by atoms with Gasteiger partial charge in [-0.2, -0.15) is 0 Å². The zero-order valence-electron chi connectivity index (χ0n) is 21.3. The second kappa shape index (κ2) is 11.0. The predicted molar refractivity (Wildman–Crippen MR) is 139 cm³/mol. The Hall–Kier alpha value is -2.90. The second-order valence-electron chi connectivity index (χ2n) is 10.9. The molecule has 2 aliphatic rings. The molecule has 2 fully saturated rings.